The molecule has 0 saturated carbocycles. The molecular formula is C25H27N9O. The van der Waals surface area contributed by atoms with E-state index in [0.717, 1.165) is 63.2 Å². The van der Waals surface area contributed by atoms with Gasteiger partial charge in [0.15, 0.2) is 5.65 Å². The van der Waals surface area contributed by atoms with Crippen LogP contribution in [-0.4, -0.2) is 65.4 Å². The SMILES string of the molecule is Cc1cncc(-n2nc(C)c(-c3cc(N4CCOC[C@H]4C)nc4c(-c5ccn[nH]5)cnn34)c2C)c1. The van der Waals surface area contributed by atoms with Gasteiger partial charge >= 0.3 is 0 Å². The van der Waals surface area contributed by atoms with Crippen molar-refractivity contribution in [2.45, 2.75) is 33.7 Å². The molecular weight excluding hydrogens is 442 g/mol. The van der Waals surface area contributed by atoms with Gasteiger partial charge in [-0.15, -0.1) is 0 Å². The molecule has 1 aliphatic heterocycles. The Labute approximate surface area is 202 Å². The molecule has 5 aromatic rings. The van der Waals surface area contributed by atoms with Crippen LogP contribution in [0.3, 0.4) is 0 Å². The van der Waals surface area contributed by atoms with E-state index in [4.69, 9.17) is 19.9 Å². The molecule has 0 bridgehead atoms. The lowest BCUT2D eigenvalue weighted by molar-refractivity contribution is 0.0985. The summed E-state index contributed by atoms with van der Waals surface area (Å²) in [6.07, 6.45) is 7.26. The molecule has 178 valence electrons. The third-order valence-corrected chi connectivity index (χ3v) is 6.56. The second-order valence-corrected chi connectivity index (χ2v) is 9.06. The molecule has 35 heavy (non-hydrogen) atoms. The minimum Gasteiger partial charge on any atom is -0.377 e. The smallest absolute Gasteiger partial charge is 0.167 e. The number of pyridine rings is 1. The number of nitrogens with one attached hydrogen (secondary N) is 1. The van der Waals surface area contributed by atoms with Gasteiger partial charge in [0.25, 0.3) is 0 Å². The van der Waals surface area contributed by atoms with Crippen LogP contribution in [0.5, 0.6) is 0 Å². The van der Waals surface area contributed by atoms with E-state index < -0.39 is 0 Å². The number of hydrogen-bond acceptors (Lipinski definition) is 7. The monoisotopic (exact) mass is 469 g/mol. The first-order valence-electron chi connectivity index (χ1n) is 11.7. The fourth-order valence-corrected chi connectivity index (χ4v) is 4.86. The lowest BCUT2D eigenvalue weighted by atomic mass is 10.1. The number of hydrogen-bond donors (Lipinski definition) is 1. The maximum absolute atomic E-state index is 5.68. The minimum atomic E-state index is 0.216. The van der Waals surface area contributed by atoms with Crippen LogP contribution in [0.25, 0.3) is 33.8 Å². The van der Waals surface area contributed by atoms with Gasteiger partial charge < -0.3 is 9.64 Å². The summed E-state index contributed by atoms with van der Waals surface area (Å²) in [6, 6.07) is 6.35. The second kappa shape index (κ2) is 8.31. The number of morpholine rings is 1. The fourth-order valence-electron chi connectivity index (χ4n) is 4.86. The zero-order valence-electron chi connectivity index (χ0n) is 20.2. The Kier molecular flexibility index (Phi) is 5.10. The summed E-state index contributed by atoms with van der Waals surface area (Å²) in [6.45, 7) is 10.4. The van der Waals surface area contributed by atoms with Gasteiger partial charge in [-0.05, 0) is 45.4 Å². The average molecular weight is 470 g/mol. The Morgan fingerprint density at radius 3 is 2.77 bits per heavy atom. The molecule has 1 fully saturated rings. The van der Waals surface area contributed by atoms with Gasteiger partial charge in [-0.25, -0.2) is 14.2 Å². The molecule has 0 aromatic carbocycles. The Balaban J connectivity index is 1.59. The summed E-state index contributed by atoms with van der Waals surface area (Å²) in [5, 5.41) is 16.8. The van der Waals surface area contributed by atoms with E-state index in [0.29, 0.717) is 13.2 Å². The molecule has 1 N–H and O–H groups in total. The van der Waals surface area contributed by atoms with Crippen LogP contribution in [0, 0.1) is 20.8 Å². The van der Waals surface area contributed by atoms with Crippen molar-refractivity contribution in [2.75, 3.05) is 24.7 Å². The summed E-state index contributed by atoms with van der Waals surface area (Å²) < 4.78 is 9.54. The molecule has 6 rings (SSSR count). The van der Waals surface area contributed by atoms with Gasteiger partial charge in [0, 0.05) is 30.6 Å². The van der Waals surface area contributed by atoms with Crippen molar-refractivity contribution in [3.05, 3.63) is 59.9 Å². The zero-order valence-corrected chi connectivity index (χ0v) is 20.2. The second-order valence-electron chi connectivity index (χ2n) is 9.06. The number of anilines is 1. The quantitative estimate of drug-likeness (QED) is 0.430. The number of ether oxygens (including phenoxy) is 1. The Morgan fingerprint density at radius 2 is 2.00 bits per heavy atom. The first kappa shape index (κ1) is 21.5. The van der Waals surface area contributed by atoms with E-state index in [9.17, 15) is 0 Å². The number of nitrogens with zero attached hydrogens (tertiary/aromatic N) is 8. The van der Waals surface area contributed by atoms with Crippen molar-refractivity contribution in [3.8, 4) is 28.2 Å². The molecule has 10 nitrogen and oxygen atoms in total. The third kappa shape index (κ3) is 3.57. The van der Waals surface area contributed by atoms with Crippen molar-refractivity contribution >= 4 is 11.5 Å². The maximum Gasteiger partial charge on any atom is 0.167 e. The lowest BCUT2D eigenvalue weighted by Gasteiger charge is -2.34. The average Bonchev–Trinajstić information content (AvgIpc) is 3.58. The van der Waals surface area contributed by atoms with E-state index in [1.807, 2.05) is 47.7 Å². The molecule has 0 unspecified atom stereocenters. The predicted molar refractivity (Wildman–Crippen MR) is 133 cm³/mol. The van der Waals surface area contributed by atoms with Crippen LogP contribution < -0.4 is 4.90 Å². The number of aryl methyl sites for hydroxylation is 2. The van der Waals surface area contributed by atoms with E-state index in [1.165, 1.54) is 0 Å². The normalized spacial score (nSPS) is 16.3. The Morgan fingerprint density at radius 1 is 1.11 bits per heavy atom. The molecule has 10 heteroatoms. The van der Waals surface area contributed by atoms with E-state index in [2.05, 4.69) is 46.1 Å². The number of H-pyrrole nitrogens is 1. The molecule has 0 amide bonds. The topological polar surface area (TPSA) is 102 Å². The Hall–Kier alpha value is -4.05. The lowest BCUT2D eigenvalue weighted by Crippen LogP contribution is -2.44. The van der Waals surface area contributed by atoms with Crippen LogP contribution in [-0.2, 0) is 4.74 Å². The third-order valence-electron chi connectivity index (χ3n) is 6.56. The standard InChI is InChI=1S/C25H27N9O/c1-15-9-19(12-26-11-15)33-18(4)24(17(3)31-33)22-10-23(32-7-8-35-14-16(32)2)29-25-20(13-28-34(22)25)21-5-6-27-30-21/h5-6,9-13,16H,7-8,14H2,1-4H3,(H,27,30)/t16-/m1/s1. The highest BCUT2D eigenvalue weighted by atomic mass is 16.5. The summed E-state index contributed by atoms with van der Waals surface area (Å²) >= 11 is 0. The van der Waals surface area contributed by atoms with Crippen molar-refractivity contribution in [3.63, 3.8) is 0 Å². The molecule has 1 aliphatic rings. The van der Waals surface area contributed by atoms with Gasteiger partial charge in [-0.1, -0.05) is 0 Å². The first-order valence-corrected chi connectivity index (χ1v) is 11.7. The first-order chi connectivity index (χ1) is 17.0. The highest BCUT2D eigenvalue weighted by Crippen LogP contribution is 2.34. The van der Waals surface area contributed by atoms with Gasteiger partial charge in [-0.3, -0.25) is 10.1 Å². The largest absolute Gasteiger partial charge is 0.377 e. The van der Waals surface area contributed by atoms with Crippen molar-refractivity contribution in [1.29, 1.82) is 0 Å². The van der Waals surface area contributed by atoms with Gasteiger partial charge in [0.05, 0.1) is 65.7 Å². The number of rotatable bonds is 4. The summed E-state index contributed by atoms with van der Waals surface area (Å²) in [4.78, 5) is 11.7. The number of aromatic nitrogens is 8. The molecule has 0 aliphatic carbocycles. The predicted octanol–water partition coefficient (Wildman–Crippen LogP) is 3.52. The highest BCUT2D eigenvalue weighted by molar-refractivity contribution is 5.80. The molecule has 5 aromatic heterocycles. The van der Waals surface area contributed by atoms with Gasteiger partial charge in [0.2, 0.25) is 0 Å². The van der Waals surface area contributed by atoms with Gasteiger partial charge in [0.1, 0.15) is 5.82 Å². The summed E-state index contributed by atoms with van der Waals surface area (Å²) in [7, 11) is 0. The number of aromatic amines is 1. The minimum absolute atomic E-state index is 0.216. The maximum atomic E-state index is 5.68. The van der Waals surface area contributed by atoms with Crippen molar-refractivity contribution in [1.82, 2.24) is 39.6 Å². The summed E-state index contributed by atoms with van der Waals surface area (Å²) in [5.41, 5.74) is 8.46. The van der Waals surface area contributed by atoms with Crippen LogP contribution in [0.15, 0.2) is 43.0 Å². The molecule has 1 atom stereocenters. The van der Waals surface area contributed by atoms with Crippen molar-refractivity contribution < 1.29 is 4.74 Å². The number of fused-ring (bicyclic) bond motifs is 1. The van der Waals surface area contributed by atoms with Crippen LogP contribution in [0.1, 0.15) is 23.9 Å². The zero-order chi connectivity index (χ0) is 24.1. The highest BCUT2D eigenvalue weighted by Gasteiger charge is 2.26. The van der Waals surface area contributed by atoms with E-state index in [-0.39, 0.29) is 6.04 Å². The van der Waals surface area contributed by atoms with E-state index >= 15 is 0 Å². The molecule has 0 radical (unpaired) electrons. The molecule has 0 spiro atoms. The van der Waals surface area contributed by atoms with Gasteiger partial charge in [-0.2, -0.15) is 15.3 Å². The van der Waals surface area contributed by atoms with Crippen LogP contribution in [0.2, 0.25) is 0 Å². The van der Waals surface area contributed by atoms with E-state index in [1.54, 1.807) is 6.20 Å². The Bertz CT molecular complexity index is 1520. The molecule has 6 heterocycles. The fraction of sp³-hybridized carbons (Fsp3) is 0.320. The van der Waals surface area contributed by atoms with Crippen LogP contribution >= 0.6 is 0 Å². The molecule has 1 saturated heterocycles. The van der Waals surface area contributed by atoms with Crippen LogP contribution in [0.4, 0.5) is 5.82 Å². The van der Waals surface area contributed by atoms with Crippen molar-refractivity contribution in [2.24, 2.45) is 0 Å². The summed E-state index contributed by atoms with van der Waals surface area (Å²) in [5.74, 6) is 0.897.